The first-order chi connectivity index (χ1) is 14.8. The van der Waals surface area contributed by atoms with E-state index in [1.165, 1.54) is 24.3 Å². The Balaban J connectivity index is 1.55. The van der Waals surface area contributed by atoms with Crippen molar-refractivity contribution in [2.75, 3.05) is 6.61 Å². The molecule has 2 fully saturated rings. The first-order valence-corrected chi connectivity index (χ1v) is 10.2. The van der Waals surface area contributed by atoms with Gasteiger partial charge >= 0.3 is 5.97 Å². The lowest BCUT2D eigenvalue weighted by atomic mass is 9.94. The summed E-state index contributed by atoms with van der Waals surface area (Å²) in [6.45, 7) is -0.415. The second-order valence-corrected chi connectivity index (χ2v) is 7.75. The first kappa shape index (κ1) is 23.5. The third-order valence-electron chi connectivity index (χ3n) is 5.45. The maximum atomic E-state index is 12.0. The van der Waals surface area contributed by atoms with Crippen molar-refractivity contribution in [1.29, 1.82) is 0 Å². The van der Waals surface area contributed by atoms with E-state index in [9.17, 15) is 35.4 Å². The van der Waals surface area contributed by atoms with E-state index < -0.39 is 55.5 Å². The number of carbonyl (C=O) groups excluding carboxylic acids is 1. The van der Waals surface area contributed by atoms with Crippen molar-refractivity contribution in [2.45, 2.75) is 68.6 Å². The molecule has 1 aliphatic heterocycles. The molecule has 1 aromatic rings. The summed E-state index contributed by atoms with van der Waals surface area (Å²) in [6.07, 6.45) is -3.07. The molecule has 31 heavy (non-hydrogen) atoms. The molecule has 1 saturated heterocycles. The molecule has 0 aromatic heterocycles. The van der Waals surface area contributed by atoms with Gasteiger partial charge in [-0.3, -0.25) is 0 Å². The number of ether oxygens (including phenoxy) is 3. The van der Waals surface area contributed by atoms with Crippen LogP contribution in [-0.4, -0.2) is 86.1 Å². The van der Waals surface area contributed by atoms with E-state index in [4.69, 9.17) is 14.2 Å². The predicted molar refractivity (Wildman–Crippen MR) is 106 cm³/mol. The fraction of sp³-hybridized carbons (Fsp3) is 0.571. The zero-order valence-corrected chi connectivity index (χ0v) is 16.8. The second-order valence-electron chi connectivity index (χ2n) is 7.75. The predicted octanol–water partition coefficient (Wildman–Crippen LogP) is -0.218. The molecule has 10 heteroatoms. The third kappa shape index (κ3) is 5.94. The largest absolute Gasteiger partial charge is 0.504 e. The molecule has 10 nitrogen and oxygen atoms in total. The lowest BCUT2D eigenvalue weighted by molar-refractivity contribution is -0.319. The SMILES string of the molecule is O=C(C=Cc1ccc(O)c(O)c1)OCC1OC(OC2CCCCC2O)C(O)C(O)C1O. The smallest absolute Gasteiger partial charge is 0.330 e. The molecular formula is C21H28O10. The van der Waals surface area contributed by atoms with Crippen molar-refractivity contribution in [3.63, 3.8) is 0 Å². The Morgan fingerprint density at radius 2 is 1.77 bits per heavy atom. The van der Waals surface area contributed by atoms with Gasteiger partial charge in [0.25, 0.3) is 0 Å². The van der Waals surface area contributed by atoms with Crippen LogP contribution in [-0.2, 0) is 19.0 Å². The highest BCUT2D eigenvalue weighted by Gasteiger charge is 2.46. The van der Waals surface area contributed by atoms with Crippen LogP contribution in [0, 0.1) is 0 Å². The van der Waals surface area contributed by atoms with Crippen LogP contribution in [0.4, 0.5) is 0 Å². The van der Waals surface area contributed by atoms with Crippen LogP contribution in [0.3, 0.4) is 0 Å². The van der Waals surface area contributed by atoms with E-state index in [2.05, 4.69) is 0 Å². The molecule has 1 heterocycles. The molecule has 172 valence electrons. The number of hydrogen-bond donors (Lipinski definition) is 6. The Hall–Kier alpha value is -2.21. The van der Waals surface area contributed by atoms with Gasteiger partial charge in [0, 0.05) is 6.08 Å². The van der Waals surface area contributed by atoms with Crippen LogP contribution >= 0.6 is 0 Å². The van der Waals surface area contributed by atoms with Crippen LogP contribution in [0.25, 0.3) is 6.08 Å². The Morgan fingerprint density at radius 1 is 1.03 bits per heavy atom. The number of rotatable bonds is 6. The standard InChI is InChI=1S/C21H28O10/c22-12-7-5-11(9-14(12)24)6-8-17(25)29-10-16-18(26)19(27)20(28)21(31-16)30-15-4-2-1-3-13(15)23/h5-9,13,15-16,18-24,26-28H,1-4,10H2. The minimum Gasteiger partial charge on any atom is -0.504 e. The Labute approximate surface area is 178 Å². The summed E-state index contributed by atoms with van der Waals surface area (Å²) in [5, 5.41) is 59.3. The van der Waals surface area contributed by atoms with Gasteiger partial charge in [0.1, 0.15) is 31.0 Å². The van der Waals surface area contributed by atoms with Gasteiger partial charge in [-0.05, 0) is 36.6 Å². The van der Waals surface area contributed by atoms with Gasteiger partial charge in [0.05, 0.1) is 12.2 Å². The number of aliphatic hydroxyl groups is 4. The van der Waals surface area contributed by atoms with E-state index >= 15 is 0 Å². The molecule has 1 aliphatic carbocycles. The first-order valence-electron chi connectivity index (χ1n) is 10.2. The molecular weight excluding hydrogens is 412 g/mol. The van der Waals surface area contributed by atoms with Crippen molar-refractivity contribution in [1.82, 2.24) is 0 Å². The lowest BCUT2D eigenvalue weighted by Gasteiger charge is -2.42. The molecule has 2 aliphatic rings. The van der Waals surface area contributed by atoms with Gasteiger partial charge in [-0.25, -0.2) is 4.79 Å². The van der Waals surface area contributed by atoms with E-state index in [1.807, 2.05) is 0 Å². The number of hydrogen-bond acceptors (Lipinski definition) is 10. The molecule has 7 atom stereocenters. The molecule has 7 unspecified atom stereocenters. The number of benzene rings is 1. The van der Waals surface area contributed by atoms with Crippen molar-refractivity contribution in [2.24, 2.45) is 0 Å². The van der Waals surface area contributed by atoms with Crippen molar-refractivity contribution in [3.05, 3.63) is 29.8 Å². The highest BCUT2D eigenvalue weighted by Crippen LogP contribution is 2.28. The van der Waals surface area contributed by atoms with Gasteiger partial charge in [0.15, 0.2) is 17.8 Å². The average molecular weight is 440 g/mol. The van der Waals surface area contributed by atoms with E-state index in [-0.39, 0.29) is 11.5 Å². The third-order valence-corrected chi connectivity index (χ3v) is 5.45. The topological polar surface area (TPSA) is 166 Å². The zero-order valence-electron chi connectivity index (χ0n) is 16.8. The number of aliphatic hydroxyl groups excluding tert-OH is 4. The summed E-state index contributed by atoms with van der Waals surface area (Å²) in [7, 11) is 0. The summed E-state index contributed by atoms with van der Waals surface area (Å²) in [6, 6.07) is 4.00. The van der Waals surface area contributed by atoms with Crippen LogP contribution in [0.15, 0.2) is 24.3 Å². The number of phenolic OH excluding ortho intramolecular Hbond substituents is 2. The average Bonchev–Trinajstić information content (AvgIpc) is 2.75. The maximum absolute atomic E-state index is 12.0. The van der Waals surface area contributed by atoms with E-state index in [1.54, 1.807) is 0 Å². The monoisotopic (exact) mass is 440 g/mol. The number of esters is 1. The number of carbonyl (C=O) groups is 1. The fourth-order valence-corrected chi connectivity index (χ4v) is 3.60. The molecule has 6 N–H and O–H groups in total. The van der Waals surface area contributed by atoms with Crippen LogP contribution in [0.2, 0.25) is 0 Å². The summed E-state index contributed by atoms with van der Waals surface area (Å²) >= 11 is 0. The van der Waals surface area contributed by atoms with Gasteiger partial charge < -0.3 is 44.8 Å². The summed E-state index contributed by atoms with van der Waals surface area (Å²) < 4.78 is 16.2. The van der Waals surface area contributed by atoms with Crippen molar-refractivity contribution >= 4 is 12.0 Å². The molecule has 3 rings (SSSR count). The quantitative estimate of drug-likeness (QED) is 0.198. The summed E-state index contributed by atoms with van der Waals surface area (Å²) in [5.74, 6) is -1.40. The number of phenols is 2. The summed E-state index contributed by atoms with van der Waals surface area (Å²) in [4.78, 5) is 12.0. The minimum absolute atomic E-state index is 0.290. The maximum Gasteiger partial charge on any atom is 0.330 e. The Kier molecular flexibility index (Phi) is 7.87. The van der Waals surface area contributed by atoms with E-state index in [0.29, 0.717) is 18.4 Å². The van der Waals surface area contributed by atoms with Gasteiger partial charge in [-0.1, -0.05) is 18.9 Å². The van der Waals surface area contributed by atoms with E-state index in [0.717, 1.165) is 18.9 Å². The van der Waals surface area contributed by atoms with Crippen molar-refractivity contribution in [3.8, 4) is 11.5 Å². The number of aromatic hydroxyl groups is 2. The fourth-order valence-electron chi connectivity index (χ4n) is 3.60. The molecule has 0 amide bonds. The molecule has 0 bridgehead atoms. The van der Waals surface area contributed by atoms with Gasteiger partial charge in [-0.15, -0.1) is 0 Å². The van der Waals surface area contributed by atoms with Gasteiger partial charge in [-0.2, -0.15) is 0 Å². The van der Waals surface area contributed by atoms with Crippen LogP contribution in [0.5, 0.6) is 11.5 Å². The van der Waals surface area contributed by atoms with Gasteiger partial charge in [0.2, 0.25) is 0 Å². The van der Waals surface area contributed by atoms with Crippen molar-refractivity contribution < 1.29 is 49.6 Å². The molecule has 1 saturated carbocycles. The highest BCUT2D eigenvalue weighted by molar-refractivity contribution is 5.87. The van der Waals surface area contributed by atoms with Crippen LogP contribution < -0.4 is 0 Å². The Morgan fingerprint density at radius 3 is 2.48 bits per heavy atom. The molecule has 0 spiro atoms. The normalized spacial score (nSPS) is 34.0. The lowest BCUT2D eigenvalue weighted by Crippen LogP contribution is -2.60. The second kappa shape index (κ2) is 10.4. The minimum atomic E-state index is -1.58. The Bertz CT molecular complexity index is 781. The summed E-state index contributed by atoms with van der Waals surface area (Å²) in [5.41, 5.74) is 0.444. The zero-order chi connectivity index (χ0) is 22.5. The molecule has 1 aromatic carbocycles. The highest BCUT2D eigenvalue weighted by atomic mass is 16.7. The molecule has 0 radical (unpaired) electrons. The van der Waals surface area contributed by atoms with Crippen LogP contribution in [0.1, 0.15) is 31.2 Å².